The van der Waals surface area contributed by atoms with Crippen LogP contribution in [0.5, 0.6) is 5.75 Å². The van der Waals surface area contributed by atoms with Crippen LogP contribution in [0.1, 0.15) is 89.2 Å². The highest BCUT2D eigenvalue weighted by Crippen LogP contribution is 2.75. The van der Waals surface area contributed by atoms with Gasteiger partial charge in [0, 0.05) is 41.4 Å². The normalized spacial score (nSPS) is 48.0. The van der Waals surface area contributed by atoms with Crippen molar-refractivity contribution in [3.8, 4) is 5.75 Å². The van der Waals surface area contributed by atoms with Gasteiger partial charge in [0.05, 0.1) is 24.4 Å². The first-order valence-electron chi connectivity index (χ1n) is 14.0. The second-order valence-electron chi connectivity index (χ2n) is 14.2. The molecule has 5 fully saturated rings. The van der Waals surface area contributed by atoms with Crippen LogP contribution in [0, 0.1) is 28.1 Å². The van der Waals surface area contributed by atoms with Crippen LogP contribution in [0.25, 0.3) is 0 Å². The molecule has 1 saturated heterocycles. The van der Waals surface area contributed by atoms with E-state index in [4.69, 9.17) is 9.47 Å². The number of rotatable bonds is 0. The monoisotopic (exact) mass is 496 g/mol. The Morgan fingerprint density at radius 3 is 2.47 bits per heavy atom. The van der Waals surface area contributed by atoms with Crippen molar-refractivity contribution in [1.82, 2.24) is 0 Å². The number of benzene rings is 1. The summed E-state index contributed by atoms with van der Waals surface area (Å²) in [6.45, 7) is 7.56. The maximum atomic E-state index is 13.2. The molecule has 196 valence electrons. The van der Waals surface area contributed by atoms with E-state index in [1.807, 2.05) is 12.1 Å². The zero-order valence-corrected chi connectivity index (χ0v) is 21.8. The predicted molar refractivity (Wildman–Crippen MR) is 132 cm³/mol. The number of fused-ring (bicyclic) bond motifs is 4. The summed E-state index contributed by atoms with van der Waals surface area (Å²) >= 11 is 0. The molecule has 1 aromatic rings. The minimum atomic E-state index is -1.16. The molecular formula is C30H40O6. The molecule has 0 amide bonds. The standard InChI is InChI=1S/C30H40O6/c1-25(2)16-35-29(36-17-25)11-10-27-13-18-12-19(31)4-5-20(18)23-14-26(3)21(6-7-24(26)32)22(30(23,27)34)8-9-28(27,33)15-29/h4-5,12,21-23,31,33-34H,6-11,13-17H2,1-3H3/t21-,22-,23?,26-,27+,28+,30-/m0/s1. The quantitative estimate of drug-likeness (QED) is 0.497. The molecule has 1 heterocycles. The average molecular weight is 497 g/mol. The lowest BCUT2D eigenvalue weighted by molar-refractivity contribution is -0.377. The summed E-state index contributed by atoms with van der Waals surface area (Å²) in [5, 5.41) is 36.2. The van der Waals surface area contributed by atoms with E-state index in [-0.39, 0.29) is 28.9 Å². The van der Waals surface area contributed by atoms with Crippen LogP contribution in [0.2, 0.25) is 0 Å². The molecule has 7 atom stereocenters. The Labute approximate surface area is 213 Å². The van der Waals surface area contributed by atoms with E-state index in [9.17, 15) is 20.1 Å². The Morgan fingerprint density at radius 1 is 0.972 bits per heavy atom. The van der Waals surface area contributed by atoms with Gasteiger partial charge in [-0.25, -0.2) is 0 Å². The van der Waals surface area contributed by atoms with Gasteiger partial charge in [0.15, 0.2) is 5.79 Å². The topological polar surface area (TPSA) is 96.2 Å². The molecule has 1 unspecified atom stereocenters. The van der Waals surface area contributed by atoms with Crippen LogP contribution in [-0.2, 0) is 20.7 Å². The zero-order chi connectivity index (χ0) is 25.4. The van der Waals surface area contributed by atoms with Crippen LogP contribution in [0.4, 0.5) is 0 Å². The fourth-order valence-corrected chi connectivity index (χ4v) is 10.0. The summed E-state index contributed by atoms with van der Waals surface area (Å²) in [4.78, 5) is 13.2. The summed E-state index contributed by atoms with van der Waals surface area (Å²) in [5.41, 5.74) is -1.51. The molecule has 0 aromatic heterocycles. The lowest BCUT2D eigenvalue weighted by Crippen LogP contribution is -2.78. The van der Waals surface area contributed by atoms with E-state index >= 15 is 0 Å². The number of ether oxygens (including phenoxy) is 2. The third-order valence-electron chi connectivity index (χ3n) is 11.8. The molecule has 4 saturated carbocycles. The SMILES string of the molecule is CC1(C)COC2(CC[C@@]34Cc5cc(O)ccc5C5C[C@]6(C)C(=O)CC[C@H]6[C@H](CC[C@@]3(O)C2)[C@]54O)OC1. The van der Waals surface area contributed by atoms with Gasteiger partial charge in [0.1, 0.15) is 11.5 Å². The largest absolute Gasteiger partial charge is 0.508 e. The minimum absolute atomic E-state index is 0.0314. The molecule has 3 N–H and O–H groups in total. The van der Waals surface area contributed by atoms with Gasteiger partial charge in [0.25, 0.3) is 0 Å². The summed E-state index contributed by atoms with van der Waals surface area (Å²) in [7, 11) is 0. The number of ketones is 1. The van der Waals surface area contributed by atoms with Gasteiger partial charge >= 0.3 is 0 Å². The summed E-state index contributed by atoms with van der Waals surface area (Å²) in [5.74, 6) is -0.425. The first-order valence-corrected chi connectivity index (χ1v) is 14.0. The number of hydrogen-bond acceptors (Lipinski definition) is 6. The molecule has 1 aliphatic heterocycles. The van der Waals surface area contributed by atoms with Gasteiger partial charge < -0.3 is 24.8 Å². The van der Waals surface area contributed by atoms with Crippen LogP contribution in [0.15, 0.2) is 18.2 Å². The highest BCUT2D eigenvalue weighted by atomic mass is 16.7. The second-order valence-corrected chi connectivity index (χ2v) is 14.2. The van der Waals surface area contributed by atoms with Crippen molar-refractivity contribution in [3.05, 3.63) is 29.3 Å². The molecule has 5 aliphatic carbocycles. The Balaban J connectivity index is 1.38. The molecule has 1 aromatic carbocycles. The molecule has 2 spiro atoms. The van der Waals surface area contributed by atoms with Gasteiger partial charge in [-0.3, -0.25) is 4.79 Å². The van der Waals surface area contributed by atoms with Crippen LogP contribution in [-0.4, -0.2) is 51.3 Å². The Hall–Kier alpha value is -1.47. The third kappa shape index (κ3) is 2.70. The van der Waals surface area contributed by atoms with E-state index in [1.54, 1.807) is 6.07 Å². The molecule has 6 aliphatic rings. The minimum Gasteiger partial charge on any atom is -0.508 e. The number of Topliss-reactive ketones (excluding diaryl/α,β-unsaturated/α-hetero) is 1. The van der Waals surface area contributed by atoms with Crippen LogP contribution in [0.3, 0.4) is 0 Å². The maximum absolute atomic E-state index is 13.2. The van der Waals surface area contributed by atoms with Crippen molar-refractivity contribution in [2.24, 2.45) is 28.1 Å². The fourth-order valence-electron chi connectivity index (χ4n) is 10.0. The van der Waals surface area contributed by atoms with Gasteiger partial charge in [-0.2, -0.15) is 0 Å². The van der Waals surface area contributed by atoms with Gasteiger partial charge in [-0.1, -0.05) is 26.8 Å². The lowest BCUT2D eigenvalue weighted by Gasteiger charge is -2.73. The Bertz CT molecular complexity index is 1130. The van der Waals surface area contributed by atoms with Gasteiger partial charge in [0.2, 0.25) is 0 Å². The zero-order valence-electron chi connectivity index (χ0n) is 21.8. The molecule has 36 heavy (non-hydrogen) atoms. The van der Waals surface area contributed by atoms with Crippen LogP contribution >= 0.6 is 0 Å². The first-order chi connectivity index (χ1) is 16.9. The van der Waals surface area contributed by atoms with E-state index in [2.05, 4.69) is 20.8 Å². The van der Waals surface area contributed by atoms with E-state index in [1.165, 1.54) is 0 Å². The van der Waals surface area contributed by atoms with Crippen molar-refractivity contribution in [2.45, 2.75) is 101 Å². The summed E-state index contributed by atoms with van der Waals surface area (Å²) in [6, 6.07) is 5.48. The maximum Gasteiger partial charge on any atom is 0.171 e. The van der Waals surface area contributed by atoms with E-state index < -0.39 is 27.8 Å². The summed E-state index contributed by atoms with van der Waals surface area (Å²) < 4.78 is 12.8. The fraction of sp³-hybridized carbons (Fsp3) is 0.767. The van der Waals surface area contributed by atoms with Crippen molar-refractivity contribution < 1.29 is 29.6 Å². The lowest BCUT2D eigenvalue weighted by atomic mass is 9.35. The van der Waals surface area contributed by atoms with Crippen molar-refractivity contribution in [2.75, 3.05) is 13.2 Å². The molecule has 7 rings (SSSR count). The van der Waals surface area contributed by atoms with Crippen molar-refractivity contribution in [1.29, 1.82) is 0 Å². The van der Waals surface area contributed by atoms with Gasteiger partial charge in [-0.05, 0) is 73.6 Å². The second kappa shape index (κ2) is 6.93. The van der Waals surface area contributed by atoms with E-state index in [0.29, 0.717) is 70.4 Å². The number of hydrogen-bond donors (Lipinski definition) is 3. The highest BCUT2D eigenvalue weighted by molar-refractivity contribution is 5.87. The Kier molecular flexibility index (Phi) is 4.55. The van der Waals surface area contributed by atoms with E-state index in [0.717, 1.165) is 17.5 Å². The number of phenolic OH excluding ortho intramolecular Hbond substituents is 1. The van der Waals surface area contributed by atoms with Crippen molar-refractivity contribution in [3.63, 3.8) is 0 Å². The molecule has 0 bridgehead atoms. The smallest absolute Gasteiger partial charge is 0.171 e. The third-order valence-corrected chi connectivity index (χ3v) is 11.8. The molecular weight excluding hydrogens is 456 g/mol. The average Bonchev–Trinajstić information content (AvgIpc) is 3.11. The molecule has 0 radical (unpaired) electrons. The highest BCUT2D eigenvalue weighted by Gasteiger charge is 2.78. The van der Waals surface area contributed by atoms with Crippen molar-refractivity contribution >= 4 is 5.78 Å². The Morgan fingerprint density at radius 2 is 1.72 bits per heavy atom. The molecule has 6 heteroatoms. The number of carbonyl (C=O) groups is 1. The summed E-state index contributed by atoms with van der Waals surface area (Å²) in [6.07, 6.45) is 5.39. The number of aromatic hydroxyl groups is 1. The number of aliphatic hydroxyl groups is 2. The van der Waals surface area contributed by atoms with Gasteiger partial charge in [-0.15, -0.1) is 0 Å². The predicted octanol–water partition coefficient (Wildman–Crippen LogP) is 4.23. The molecule has 6 nitrogen and oxygen atoms in total. The number of phenols is 1. The number of carbonyl (C=O) groups excluding carboxylic acids is 1. The first kappa shape index (κ1) is 23.6. The van der Waals surface area contributed by atoms with Crippen LogP contribution < -0.4 is 0 Å².